The first-order valence-electron chi connectivity index (χ1n) is 15.0. The van der Waals surface area contributed by atoms with Crippen LogP contribution >= 0.6 is 11.6 Å². The summed E-state index contributed by atoms with van der Waals surface area (Å²) in [6.45, 7) is 1.99. The lowest BCUT2D eigenvalue weighted by Crippen LogP contribution is -2.34. The maximum atomic E-state index is 15.8. The molecule has 2 heterocycles. The molecular formula is C31H35ClF4N6O4S. The number of pyridine rings is 1. The number of nitrogens with two attached hydrogens (primary N) is 1. The lowest BCUT2D eigenvalue weighted by molar-refractivity contribution is -0.0499. The predicted molar refractivity (Wildman–Crippen MR) is 171 cm³/mol. The van der Waals surface area contributed by atoms with Crippen LogP contribution in [0.25, 0.3) is 22.2 Å². The number of sulfonamides is 1. The Labute approximate surface area is 274 Å². The standard InChI is InChI=1S/C31H35ClF4N6O4S/c1-16(2)42-29-21(17-4-6-18(7-5-17)38-10-11-45-3)15-39-30(37)27(29)28(40-42)20-13-24(34)25(14-23(20)33)41-47(43,44)26-12-19(46-31(35)36)8-9-22(26)32/h8-9,12-18,31,38,41H,4-7,10-11H2,1-3H3,(H2,37,39). The lowest BCUT2D eigenvalue weighted by atomic mass is 9.81. The Balaban J connectivity index is 1.50. The van der Waals surface area contributed by atoms with Crippen molar-refractivity contribution in [3.8, 4) is 17.0 Å². The molecule has 2 aromatic heterocycles. The van der Waals surface area contributed by atoms with Crippen LogP contribution in [0, 0.1) is 11.6 Å². The van der Waals surface area contributed by atoms with Crippen molar-refractivity contribution in [3.63, 3.8) is 0 Å². The molecule has 0 aliphatic heterocycles. The Morgan fingerprint density at radius 2 is 1.83 bits per heavy atom. The fourth-order valence-electron chi connectivity index (χ4n) is 5.93. The van der Waals surface area contributed by atoms with Gasteiger partial charge in [-0.25, -0.2) is 22.2 Å². The number of anilines is 2. The Hall–Kier alpha value is -3.66. The number of ether oxygens (including phenoxy) is 2. The third kappa shape index (κ3) is 7.42. The van der Waals surface area contributed by atoms with Gasteiger partial charge in [-0.3, -0.25) is 9.40 Å². The van der Waals surface area contributed by atoms with E-state index in [0.29, 0.717) is 29.6 Å². The van der Waals surface area contributed by atoms with Gasteiger partial charge in [0.25, 0.3) is 10.0 Å². The van der Waals surface area contributed by atoms with E-state index in [1.165, 1.54) is 0 Å². The minimum atomic E-state index is -4.67. The summed E-state index contributed by atoms with van der Waals surface area (Å²) in [5, 5.41) is 8.20. The first-order chi connectivity index (χ1) is 22.3. The zero-order valence-corrected chi connectivity index (χ0v) is 27.4. The summed E-state index contributed by atoms with van der Waals surface area (Å²) in [5.74, 6) is -2.38. The average molecular weight is 699 g/mol. The molecule has 0 saturated heterocycles. The van der Waals surface area contributed by atoms with Gasteiger partial charge in [-0.15, -0.1) is 0 Å². The highest BCUT2D eigenvalue weighted by Gasteiger charge is 2.30. The van der Waals surface area contributed by atoms with Crippen LogP contribution < -0.4 is 20.5 Å². The highest BCUT2D eigenvalue weighted by Crippen LogP contribution is 2.42. The van der Waals surface area contributed by atoms with E-state index >= 15 is 8.78 Å². The zero-order valence-electron chi connectivity index (χ0n) is 25.9. The van der Waals surface area contributed by atoms with Gasteiger partial charge in [0.05, 0.1) is 28.2 Å². The molecule has 5 rings (SSSR count). The van der Waals surface area contributed by atoms with Crippen molar-refractivity contribution < 1.29 is 35.5 Å². The number of fused-ring (bicyclic) bond motifs is 1. The van der Waals surface area contributed by atoms with Crippen LogP contribution in [0.5, 0.6) is 5.75 Å². The van der Waals surface area contributed by atoms with Gasteiger partial charge in [-0.05, 0) is 69.2 Å². The molecule has 0 spiro atoms. The molecule has 0 bridgehead atoms. The van der Waals surface area contributed by atoms with Gasteiger partial charge in [0.15, 0.2) is 0 Å². The van der Waals surface area contributed by atoms with Crippen LogP contribution in [0.4, 0.5) is 29.1 Å². The molecule has 0 atom stereocenters. The van der Waals surface area contributed by atoms with Crippen molar-refractivity contribution >= 4 is 44.0 Å². The van der Waals surface area contributed by atoms with Crippen LogP contribution in [0.15, 0.2) is 41.4 Å². The Bertz CT molecular complexity index is 1870. The molecule has 10 nitrogen and oxygen atoms in total. The molecule has 1 aliphatic carbocycles. The van der Waals surface area contributed by atoms with Crippen LogP contribution in [0.1, 0.15) is 57.1 Å². The van der Waals surface area contributed by atoms with E-state index in [-0.39, 0.29) is 34.1 Å². The molecule has 1 saturated carbocycles. The molecular weight excluding hydrogens is 664 g/mol. The van der Waals surface area contributed by atoms with Gasteiger partial charge in [0.2, 0.25) is 0 Å². The summed E-state index contributed by atoms with van der Waals surface area (Å²) >= 11 is 5.99. The fraction of sp³-hybridized carbons (Fsp3) is 0.419. The van der Waals surface area contributed by atoms with Crippen molar-refractivity contribution in [1.29, 1.82) is 0 Å². The molecule has 1 aliphatic rings. The second-order valence-corrected chi connectivity index (χ2v) is 13.7. The summed E-state index contributed by atoms with van der Waals surface area (Å²) in [6.07, 6.45) is 5.36. The molecule has 47 heavy (non-hydrogen) atoms. The first-order valence-corrected chi connectivity index (χ1v) is 16.8. The van der Waals surface area contributed by atoms with Crippen LogP contribution in [-0.2, 0) is 14.8 Å². The molecule has 2 aromatic carbocycles. The predicted octanol–water partition coefficient (Wildman–Crippen LogP) is 6.86. The lowest BCUT2D eigenvalue weighted by Gasteiger charge is -2.30. The van der Waals surface area contributed by atoms with Gasteiger partial charge in [-0.2, -0.15) is 13.9 Å². The van der Waals surface area contributed by atoms with E-state index in [2.05, 4.69) is 20.1 Å². The SMILES string of the molecule is COCCNC1CCC(c2cnc(N)c3c(-c4cc(F)c(NS(=O)(=O)c5cc(OC(F)F)ccc5Cl)cc4F)nn(C(C)C)c23)CC1. The van der Waals surface area contributed by atoms with Gasteiger partial charge in [0.1, 0.15) is 33.8 Å². The minimum Gasteiger partial charge on any atom is -0.435 e. The summed E-state index contributed by atoms with van der Waals surface area (Å²) in [5.41, 5.74) is 7.02. The van der Waals surface area contributed by atoms with E-state index in [4.69, 9.17) is 22.1 Å². The fourth-order valence-corrected chi connectivity index (χ4v) is 7.50. The number of methoxy groups -OCH3 is 1. The molecule has 0 amide bonds. The maximum Gasteiger partial charge on any atom is 0.387 e. The maximum absolute atomic E-state index is 15.8. The Morgan fingerprint density at radius 3 is 2.49 bits per heavy atom. The van der Waals surface area contributed by atoms with E-state index in [9.17, 15) is 17.2 Å². The number of halogens is 5. The number of benzene rings is 2. The highest BCUT2D eigenvalue weighted by atomic mass is 35.5. The molecule has 4 aromatic rings. The summed E-state index contributed by atoms with van der Waals surface area (Å²) < 4.78 is 95.9. The smallest absolute Gasteiger partial charge is 0.387 e. The molecule has 254 valence electrons. The summed E-state index contributed by atoms with van der Waals surface area (Å²) in [6, 6.07) is 4.50. The number of alkyl halides is 2. The molecule has 0 radical (unpaired) electrons. The highest BCUT2D eigenvalue weighted by molar-refractivity contribution is 7.92. The Kier molecular flexibility index (Phi) is 10.5. The molecule has 1 fully saturated rings. The van der Waals surface area contributed by atoms with Gasteiger partial charge >= 0.3 is 6.61 Å². The van der Waals surface area contributed by atoms with Crippen LogP contribution in [0.2, 0.25) is 5.02 Å². The second-order valence-electron chi connectivity index (χ2n) is 11.6. The third-order valence-corrected chi connectivity index (χ3v) is 10.00. The van der Waals surface area contributed by atoms with Crippen LogP contribution in [-0.4, -0.2) is 56.1 Å². The number of nitrogens with zero attached hydrogens (tertiary/aromatic N) is 3. The van der Waals surface area contributed by atoms with E-state index < -0.39 is 44.6 Å². The van der Waals surface area contributed by atoms with Crippen molar-refractivity contribution in [1.82, 2.24) is 20.1 Å². The van der Waals surface area contributed by atoms with Gasteiger partial charge < -0.3 is 20.5 Å². The number of nitrogens with one attached hydrogen (secondary N) is 2. The minimum absolute atomic E-state index is 0.0566. The average Bonchev–Trinajstić information content (AvgIpc) is 3.42. The number of hydrogen-bond donors (Lipinski definition) is 3. The quantitative estimate of drug-likeness (QED) is 0.108. The first kappa shape index (κ1) is 34.7. The van der Waals surface area contributed by atoms with Gasteiger partial charge in [-0.1, -0.05) is 11.6 Å². The monoisotopic (exact) mass is 698 g/mol. The van der Waals surface area contributed by atoms with E-state index in [1.54, 1.807) is 18.0 Å². The van der Waals surface area contributed by atoms with Crippen molar-refractivity contribution in [2.45, 2.75) is 69.0 Å². The Morgan fingerprint density at radius 1 is 1.11 bits per heavy atom. The number of nitrogen functional groups attached to an aromatic ring is 1. The zero-order chi connectivity index (χ0) is 34.0. The van der Waals surface area contributed by atoms with Crippen LogP contribution in [0.3, 0.4) is 0 Å². The third-order valence-electron chi connectivity index (χ3n) is 8.15. The number of aromatic nitrogens is 3. The van der Waals surface area contributed by atoms with Crippen molar-refractivity contribution in [2.75, 3.05) is 30.7 Å². The summed E-state index contributed by atoms with van der Waals surface area (Å²) in [7, 11) is -3.01. The topological polar surface area (TPSA) is 133 Å². The van der Waals surface area contributed by atoms with E-state index in [1.807, 2.05) is 18.6 Å². The normalized spacial score (nSPS) is 17.1. The van der Waals surface area contributed by atoms with Crippen molar-refractivity contribution in [2.24, 2.45) is 0 Å². The number of rotatable bonds is 12. The molecule has 0 unspecified atom stereocenters. The van der Waals surface area contributed by atoms with E-state index in [0.717, 1.165) is 62.1 Å². The number of hydrogen-bond acceptors (Lipinski definition) is 8. The molecule has 4 N–H and O–H groups in total. The van der Waals surface area contributed by atoms with Crippen molar-refractivity contribution in [3.05, 3.63) is 58.7 Å². The van der Waals surface area contributed by atoms with Gasteiger partial charge in [0, 0.05) is 49.6 Å². The largest absolute Gasteiger partial charge is 0.435 e. The summed E-state index contributed by atoms with van der Waals surface area (Å²) in [4.78, 5) is 3.75. The molecule has 16 heteroatoms. The second kappa shape index (κ2) is 14.2.